The van der Waals surface area contributed by atoms with Gasteiger partial charge in [-0.1, -0.05) is 5.16 Å². The van der Waals surface area contributed by atoms with Gasteiger partial charge in [0, 0.05) is 11.6 Å². The van der Waals surface area contributed by atoms with Crippen molar-refractivity contribution in [3.63, 3.8) is 0 Å². The first-order valence-electron chi connectivity index (χ1n) is 7.20. The van der Waals surface area contributed by atoms with Crippen LogP contribution >= 0.6 is 0 Å². The van der Waals surface area contributed by atoms with Gasteiger partial charge >= 0.3 is 6.01 Å². The average molecular weight is 327 g/mol. The second-order valence-electron chi connectivity index (χ2n) is 4.84. The zero-order valence-corrected chi connectivity index (χ0v) is 13.6. The molecule has 0 saturated carbocycles. The van der Waals surface area contributed by atoms with E-state index in [0.29, 0.717) is 23.0 Å². The summed E-state index contributed by atoms with van der Waals surface area (Å²) in [5, 5.41) is 7.02. The summed E-state index contributed by atoms with van der Waals surface area (Å²) in [5.41, 5.74) is 1.49. The van der Waals surface area contributed by atoms with Gasteiger partial charge in [-0.05, 0) is 36.4 Å². The van der Waals surface area contributed by atoms with Crippen molar-refractivity contribution in [3.05, 3.63) is 42.5 Å². The zero-order valence-electron chi connectivity index (χ0n) is 13.6. The second-order valence-corrected chi connectivity index (χ2v) is 4.84. The fourth-order valence-corrected chi connectivity index (χ4v) is 2.16. The Labute approximate surface area is 139 Å². The minimum Gasteiger partial charge on any atom is -0.497 e. The third-order valence-corrected chi connectivity index (χ3v) is 3.42. The van der Waals surface area contributed by atoms with Gasteiger partial charge < -0.3 is 24.1 Å². The monoisotopic (exact) mass is 327 g/mol. The van der Waals surface area contributed by atoms with Crippen molar-refractivity contribution < 1.29 is 18.7 Å². The lowest BCUT2D eigenvalue weighted by atomic mass is 10.2. The van der Waals surface area contributed by atoms with Crippen molar-refractivity contribution in [1.82, 2.24) is 10.1 Å². The van der Waals surface area contributed by atoms with Crippen LogP contribution in [0.5, 0.6) is 17.2 Å². The van der Waals surface area contributed by atoms with E-state index in [1.165, 1.54) is 0 Å². The Morgan fingerprint density at radius 1 is 0.875 bits per heavy atom. The number of nitrogens with zero attached hydrogens (tertiary/aromatic N) is 2. The van der Waals surface area contributed by atoms with Crippen molar-refractivity contribution in [2.75, 3.05) is 26.6 Å². The molecule has 0 aliphatic carbocycles. The summed E-state index contributed by atoms with van der Waals surface area (Å²) in [5.74, 6) is 2.57. The molecule has 24 heavy (non-hydrogen) atoms. The van der Waals surface area contributed by atoms with Crippen molar-refractivity contribution >= 4 is 11.7 Å². The molecule has 0 aliphatic heterocycles. The van der Waals surface area contributed by atoms with E-state index < -0.39 is 0 Å². The maximum atomic E-state index is 5.31. The molecule has 3 rings (SSSR count). The van der Waals surface area contributed by atoms with Crippen molar-refractivity contribution in [2.45, 2.75) is 0 Å². The normalized spacial score (nSPS) is 10.3. The number of nitrogens with one attached hydrogen (secondary N) is 1. The van der Waals surface area contributed by atoms with Gasteiger partial charge in [0.15, 0.2) is 0 Å². The molecule has 7 heteroatoms. The Kier molecular flexibility index (Phi) is 4.51. The fraction of sp³-hybridized carbons (Fsp3) is 0.176. The minimum absolute atomic E-state index is 0.257. The quantitative estimate of drug-likeness (QED) is 0.742. The SMILES string of the molecule is COc1ccc(-c2noc(Nc3cc(OC)ccc3OC)n2)cc1. The van der Waals surface area contributed by atoms with Gasteiger partial charge in [0.2, 0.25) is 5.82 Å². The Morgan fingerprint density at radius 3 is 2.25 bits per heavy atom. The number of anilines is 2. The molecule has 1 heterocycles. The molecule has 124 valence electrons. The van der Waals surface area contributed by atoms with E-state index in [-0.39, 0.29) is 6.01 Å². The molecule has 0 amide bonds. The average Bonchev–Trinajstić information content (AvgIpc) is 3.10. The first-order chi connectivity index (χ1) is 11.7. The first kappa shape index (κ1) is 15.7. The van der Waals surface area contributed by atoms with Gasteiger partial charge in [-0.2, -0.15) is 4.98 Å². The van der Waals surface area contributed by atoms with E-state index >= 15 is 0 Å². The molecule has 0 saturated heterocycles. The van der Waals surface area contributed by atoms with Crippen LogP contribution in [-0.2, 0) is 0 Å². The molecule has 0 atom stereocenters. The lowest BCUT2D eigenvalue weighted by molar-refractivity contribution is 0.403. The summed E-state index contributed by atoms with van der Waals surface area (Å²) >= 11 is 0. The van der Waals surface area contributed by atoms with Gasteiger partial charge in [0.1, 0.15) is 17.2 Å². The molecule has 0 radical (unpaired) electrons. The molecule has 7 nitrogen and oxygen atoms in total. The zero-order chi connectivity index (χ0) is 16.9. The molecular formula is C17H17N3O4. The molecule has 2 aromatic carbocycles. The Balaban J connectivity index is 1.83. The molecular weight excluding hydrogens is 310 g/mol. The predicted octanol–water partition coefficient (Wildman–Crippen LogP) is 3.51. The Bertz CT molecular complexity index is 815. The maximum Gasteiger partial charge on any atom is 0.326 e. The van der Waals surface area contributed by atoms with Crippen LogP contribution in [0.2, 0.25) is 0 Å². The second kappa shape index (κ2) is 6.91. The highest BCUT2D eigenvalue weighted by atomic mass is 16.5. The van der Waals surface area contributed by atoms with Crippen LogP contribution in [0.1, 0.15) is 0 Å². The van der Waals surface area contributed by atoms with Crippen molar-refractivity contribution in [2.24, 2.45) is 0 Å². The third kappa shape index (κ3) is 3.24. The van der Waals surface area contributed by atoms with Crippen LogP contribution in [0.3, 0.4) is 0 Å². The molecule has 0 spiro atoms. The van der Waals surface area contributed by atoms with Crippen LogP contribution in [-0.4, -0.2) is 31.5 Å². The van der Waals surface area contributed by atoms with Crippen LogP contribution in [0.15, 0.2) is 47.0 Å². The number of hydrogen-bond donors (Lipinski definition) is 1. The maximum absolute atomic E-state index is 5.31. The molecule has 1 aromatic heterocycles. The Hall–Kier alpha value is -3.22. The first-order valence-corrected chi connectivity index (χ1v) is 7.20. The lowest BCUT2D eigenvalue weighted by Gasteiger charge is -2.09. The molecule has 0 aliphatic rings. The van der Waals surface area contributed by atoms with Crippen LogP contribution in [0.4, 0.5) is 11.7 Å². The largest absolute Gasteiger partial charge is 0.497 e. The molecule has 0 unspecified atom stereocenters. The summed E-state index contributed by atoms with van der Waals surface area (Å²) in [4.78, 5) is 4.34. The molecule has 1 N–H and O–H groups in total. The number of rotatable bonds is 6. The van der Waals surface area contributed by atoms with E-state index in [2.05, 4.69) is 15.5 Å². The van der Waals surface area contributed by atoms with Gasteiger partial charge in [-0.25, -0.2) is 0 Å². The van der Waals surface area contributed by atoms with Gasteiger partial charge in [0.05, 0.1) is 27.0 Å². The topological polar surface area (TPSA) is 78.6 Å². The summed E-state index contributed by atoms with van der Waals surface area (Å²) in [6.07, 6.45) is 0. The van der Waals surface area contributed by atoms with Crippen molar-refractivity contribution in [3.8, 4) is 28.6 Å². The van der Waals surface area contributed by atoms with Crippen LogP contribution in [0.25, 0.3) is 11.4 Å². The molecule has 0 bridgehead atoms. The molecule has 3 aromatic rings. The smallest absolute Gasteiger partial charge is 0.326 e. The summed E-state index contributed by atoms with van der Waals surface area (Å²) in [6.45, 7) is 0. The van der Waals surface area contributed by atoms with Crippen molar-refractivity contribution in [1.29, 1.82) is 0 Å². The highest BCUT2D eigenvalue weighted by molar-refractivity contribution is 5.65. The number of aromatic nitrogens is 2. The summed E-state index contributed by atoms with van der Waals surface area (Å²) in [7, 11) is 4.80. The summed E-state index contributed by atoms with van der Waals surface area (Å²) < 4.78 is 20.9. The van der Waals surface area contributed by atoms with Gasteiger partial charge in [-0.3, -0.25) is 0 Å². The lowest BCUT2D eigenvalue weighted by Crippen LogP contribution is -1.96. The standard InChI is InChI=1S/C17H17N3O4/c1-21-12-6-4-11(5-7-12)16-19-17(24-20-16)18-14-10-13(22-2)8-9-15(14)23-3/h4-10H,1-3H3,(H,18,19,20). The highest BCUT2D eigenvalue weighted by Crippen LogP contribution is 2.31. The third-order valence-electron chi connectivity index (χ3n) is 3.42. The number of methoxy groups -OCH3 is 3. The van der Waals surface area contributed by atoms with Gasteiger partial charge in [0.25, 0.3) is 0 Å². The van der Waals surface area contributed by atoms with E-state index in [4.69, 9.17) is 18.7 Å². The number of benzene rings is 2. The number of hydrogen-bond acceptors (Lipinski definition) is 7. The highest BCUT2D eigenvalue weighted by Gasteiger charge is 2.12. The fourth-order valence-electron chi connectivity index (χ4n) is 2.16. The van der Waals surface area contributed by atoms with Crippen LogP contribution < -0.4 is 19.5 Å². The van der Waals surface area contributed by atoms with E-state index in [0.717, 1.165) is 11.3 Å². The van der Waals surface area contributed by atoms with E-state index in [1.807, 2.05) is 24.3 Å². The van der Waals surface area contributed by atoms with Gasteiger partial charge in [-0.15, -0.1) is 0 Å². The van der Waals surface area contributed by atoms with E-state index in [1.54, 1.807) is 39.5 Å². The minimum atomic E-state index is 0.257. The molecule has 0 fully saturated rings. The summed E-state index contributed by atoms with van der Waals surface area (Å²) in [6, 6.07) is 13.0. The van der Waals surface area contributed by atoms with E-state index in [9.17, 15) is 0 Å². The van der Waals surface area contributed by atoms with Crippen LogP contribution in [0, 0.1) is 0 Å². The predicted molar refractivity (Wildman–Crippen MR) is 89.1 cm³/mol. The Morgan fingerprint density at radius 2 is 1.58 bits per heavy atom. The number of ether oxygens (including phenoxy) is 3.